The van der Waals surface area contributed by atoms with Crippen LogP contribution in [0.4, 0.5) is 22.5 Å². The largest absolute Gasteiger partial charge is 0.352 e. The van der Waals surface area contributed by atoms with Crippen molar-refractivity contribution in [2.75, 3.05) is 41.7 Å². The average molecular weight is 461 g/mol. The molecule has 1 aliphatic rings. The molecule has 1 aliphatic heterocycles. The van der Waals surface area contributed by atoms with Gasteiger partial charge in [-0.2, -0.15) is 4.31 Å². The van der Waals surface area contributed by atoms with E-state index in [1.165, 1.54) is 17.4 Å². The van der Waals surface area contributed by atoms with Crippen molar-refractivity contribution in [3.8, 4) is 0 Å². The van der Waals surface area contributed by atoms with Crippen LogP contribution in [0.5, 0.6) is 0 Å². The van der Waals surface area contributed by atoms with Crippen LogP contribution in [0.2, 0.25) is 0 Å². The highest BCUT2D eigenvalue weighted by Gasteiger charge is 2.30. The van der Waals surface area contributed by atoms with Crippen LogP contribution in [0, 0.1) is 0 Å². The predicted molar refractivity (Wildman–Crippen MR) is 117 cm³/mol. The van der Waals surface area contributed by atoms with E-state index in [4.69, 9.17) is 0 Å². The molecule has 11 nitrogen and oxygen atoms in total. The number of amides is 1. The second-order valence-corrected chi connectivity index (χ2v) is 9.89. The summed E-state index contributed by atoms with van der Waals surface area (Å²) < 4.78 is 27.3. The summed E-state index contributed by atoms with van der Waals surface area (Å²) in [6.07, 6.45) is 4.65. The molecule has 0 atom stereocenters. The van der Waals surface area contributed by atoms with Crippen LogP contribution in [0.1, 0.15) is 6.92 Å². The molecule has 2 N–H and O–H groups in total. The van der Waals surface area contributed by atoms with E-state index < -0.39 is 10.0 Å². The number of anilines is 4. The average Bonchev–Trinajstić information content (AvgIpc) is 3.24. The molecule has 4 heterocycles. The third-order valence-corrected chi connectivity index (χ3v) is 7.78. The summed E-state index contributed by atoms with van der Waals surface area (Å²) in [5, 5.41) is 14.4. The molecule has 31 heavy (non-hydrogen) atoms. The van der Waals surface area contributed by atoms with Gasteiger partial charge < -0.3 is 15.5 Å². The summed E-state index contributed by atoms with van der Waals surface area (Å²) in [5.41, 5.74) is 0.862. The first kappa shape index (κ1) is 21.1. The van der Waals surface area contributed by atoms with E-state index in [-0.39, 0.29) is 15.2 Å². The summed E-state index contributed by atoms with van der Waals surface area (Å²) in [5.74, 6) is 0.995. The molecule has 4 rings (SSSR count). The molecule has 0 saturated carbocycles. The summed E-state index contributed by atoms with van der Waals surface area (Å²) in [6, 6.07) is 7.34. The summed E-state index contributed by atoms with van der Waals surface area (Å²) in [4.78, 5) is 21.0. The number of carbonyl (C=O) groups is 1. The molecule has 0 aliphatic carbocycles. The van der Waals surface area contributed by atoms with Crippen LogP contribution < -0.4 is 15.5 Å². The van der Waals surface area contributed by atoms with Gasteiger partial charge in [-0.25, -0.2) is 13.4 Å². The number of nitrogens with zero attached hydrogens (tertiary/aromatic N) is 6. The van der Waals surface area contributed by atoms with Crippen molar-refractivity contribution >= 4 is 49.7 Å². The number of sulfonamides is 1. The Balaban J connectivity index is 1.37. The minimum atomic E-state index is -3.66. The fourth-order valence-corrected chi connectivity index (χ4v) is 5.67. The highest BCUT2D eigenvalue weighted by Crippen LogP contribution is 2.27. The van der Waals surface area contributed by atoms with E-state index in [2.05, 4.69) is 30.8 Å². The third kappa shape index (κ3) is 4.95. The molecular weight excluding hydrogens is 440 g/mol. The second kappa shape index (κ2) is 8.91. The van der Waals surface area contributed by atoms with Crippen molar-refractivity contribution < 1.29 is 13.2 Å². The maximum absolute atomic E-state index is 12.9. The Kier molecular flexibility index (Phi) is 6.06. The van der Waals surface area contributed by atoms with Crippen LogP contribution in [0.3, 0.4) is 0 Å². The van der Waals surface area contributed by atoms with E-state index >= 15 is 0 Å². The molecule has 0 aromatic carbocycles. The Morgan fingerprint density at radius 1 is 1.06 bits per heavy atom. The number of piperazine rings is 1. The normalized spacial score (nSPS) is 14.9. The SMILES string of the molecule is CC(=O)Nc1ncc(S(=O)(=O)N2CCN(c3ccc(Nc4ccncc4)nn3)CC2)s1. The molecule has 13 heteroatoms. The van der Waals surface area contributed by atoms with Crippen molar-refractivity contribution in [1.82, 2.24) is 24.5 Å². The van der Waals surface area contributed by atoms with Gasteiger partial charge in [-0.05, 0) is 24.3 Å². The fourth-order valence-electron chi connectivity index (χ4n) is 3.02. The van der Waals surface area contributed by atoms with Crippen LogP contribution in [0.25, 0.3) is 0 Å². The zero-order valence-corrected chi connectivity index (χ0v) is 18.2. The summed E-state index contributed by atoms with van der Waals surface area (Å²) in [7, 11) is -3.66. The smallest absolute Gasteiger partial charge is 0.254 e. The number of rotatable bonds is 6. The molecule has 162 valence electrons. The Morgan fingerprint density at radius 3 is 2.45 bits per heavy atom. The minimum absolute atomic E-state index is 0.107. The van der Waals surface area contributed by atoms with Gasteiger partial charge in [0.25, 0.3) is 10.0 Å². The van der Waals surface area contributed by atoms with Crippen molar-refractivity contribution in [3.05, 3.63) is 42.9 Å². The fraction of sp³-hybridized carbons (Fsp3) is 0.278. The summed E-state index contributed by atoms with van der Waals surface area (Å²) in [6.45, 7) is 2.95. The number of aromatic nitrogens is 4. The lowest BCUT2D eigenvalue weighted by atomic mass is 10.3. The monoisotopic (exact) mass is 460 g/mol. The van der Waals surface area contributed by atoms with Gasteiger partial charge >= 0.3 is 0 Å². The number of pyridine rings is 1. The molecule has 1 saturated heterocycles. The highest BCUT2D eigenvalue weighted by atomic mass is 32.2. The van der Waals surface area contributed by atoms with Crippen molar-refractivity contribution in [2.24, 2.45) is 0 Å². The Morgan fingerprint density at radius 2 is 1.81 bits per heavy atom. The van der Waals surface area contributed by atoms with E-state index in [9.17, 15) is 13.2 Å². The van der Waals surface area contributed by atoms with Crippen molar-refractivity contribution in [2.45, 2.75) is 11.1 Å². The molecule has 0 spiro atoms. The second-order valence-electron chi connectivity index (χ2n) is 6.69. The number of hydrogen-bond donors (Lipinski definition) is 2. The number of hydrogen-bond acceptors (Lipinski definition) is 10. The van der Waals surface area contributed by atoms with E-state index in [1.807, 2.05) is 29.2 Å². The molecule has 0 bridgehead atoms. The van der Waals surface area contributed by atoms with Crippen LogP contribution in [-0.2, 0) is 14.8 Å². The van der Waals surface area contributed by atoms with Crippen LogP contribution in [-0.4, -0.2) is 65.0 Å². The van der Waals surface area contributed by atoms with Gasteiger partial charge in [0.2, 0.25) is 5.91 Å². The molecule has 0 radical (unpaired) electrons. The standard InChI is InChI=1S/C18H20N8O3S2/c1-13(27)21-18-20-12-17(30-18)31(28,29)26-10-8-25(9-11-26)16-3-2-15(23-24-16)22-14-4-6-19-7-5-14/h2-7,12H,8-11H2,1H3,(H,19,22,23)(H,20,21,27). The quantitative estimate of drug-likeness (QED) is 0.562. The number of thiazole rings is 1. The summed E-state index contributed by atoms with van der Waals surface area (Å²) >= 11 is 0.942. The zero-order valence-electron chi connectivity index (χ0n) is 16.6. The maximum atomic E-state index is 12.9. The first-order chi connectivity index (χ1) is 14.9. The number of carbonyl (C=O) groups excluding carboxylic acids is 1. The number of nitrogens with one attached hydrogen (secondary N) is 2. The third-order valence-electron chi connectivity index (χ3n) is 4.53. The first-order valence-electron chi connectivity index (χ1n) is 9.41. The Hall–Kier alpha value is -3.16. The van der Waals surface area contributed by atoms with Crippen molar-refractivity contribution in [1.29, 1.82) is 0 Å². The lowest BCUT2D eigenvalue weighted by Crippen LogP contribution is -2.48. The zero-order chi connectivity index (χ0) is 21.8. The molecule has 3 aromatic heterocycles. The van der Waals surface area contributed by atoms with Crippen LogP contribution >= 0.6 is 11.3 Å². The maximum Gasteiger partial charge on any atom is 0.254 e. The highest BCUT2D eigenvalue weighted by molar-refractivity contribution is 7.91. The molecule has 1 amide bonds. The lowest BCUT2D eigenvalue weighted by molar-refractivity contribution is -0.114. The Bertz CT molecular complexity index is 1140. The van der Waals surface area contributed by atoms with Crippen molar-refractivity contribution in [3.63, 3.8) is 0 Å². The van der Waals surface area contributed by atoms with E-state index in [1.54, 1.807) is 12.4 Å². The van der Waals surface area contributed by atoms with Gasteiger partial charge in [0.1, 0.15) is 0 Å². The van der Waals surface area contributed by atoms with E-state index in [0.717, 1.165) is 17.0 Å². The molecular formula is C18H20N8O3S2. The molecule has 3 aromatic rings. The van der Waals surface area contributed by atoms with Gasteiger partial charge in [0, 0.05) is 51.2 Å². The topological polar surface area (TPSA) is 133 Å². The molecule has 0 unspecified atom stereocenters. The predicted octanol–water partition coefficient (Wildman–Crippen LogP) is 1.54. The van der Waals surface area contributed by atoms with Gasteiger partial charge in [0.05, 0.1) is 6.20 Å². The first-order valence-corrected chi connectivity index (χ1v) is 11.7. The van der Waals surface area contributed by atoms with Crippen LogP contribution in [0.15, 0.2) is 47.1 Å². The Labute approximate surface area is 183 Å². The molecule has 1 fully saturated rings. The van der Waals surface area contributed by atoms with Gasteiger partial charge in [0.15, 0.2) is 21.0 Å². The van der Waals surface area contributed by atoms with Gasteiger partial charge in [-0.3, -0.25) is 9.78 Å². The van der Waals surface area contributed by atoms with E-state index in [0.29, 0.717) is 37.8 Å². The van der Waals surface area contributed by atoms with Gasteiger partial charge in [-0.1, -0.05) is 11.3 Å². The van der Waals surface area contributed by atoms with Gasteiger partial charge in [-0.15, -0.1) is 10.2 Å². The minimum Gasteiger partial charge on any atom is -0.352 e. The lowest BCUT2D eigenvalue weighted by Gasteiger charge is -2.34.